The second-order valence-electron chi connectivity index (χ2n) is 3.39. The van der Waals surface area contributed by atoms with E-state index in [1.54, 1.807) is 0 Å². The molecule has 1 nitrogen and oxygen atoms in total. The molecule has 0 bridgehead atoms. The first kappa shape index (κ1) is 9.66. The minimum absolute atomic E-state index is 0.970. The summed E-state index contributed by atoms with van der Waals surface area (Å²) in [4.78, 5) is 4.60. The summed E-state index contributed by atoms with van der Waals surface area (Å²) >= 11 is 3.43. The van der Waals surface area contributed by atoms with Crippen molar-refractivity contribution in [2.45, 2.75) is 13.3 Å². The molecule has 0 saturated heterocycles. The monoisotopic (exact) mass is 249 g/mol. The molecule has 1 heterocycles. The number of alkyl halides is 1. The predicted molar refractivity (Wildman–Crippen MR) is 64.0 cm³/mol. The molecule has 0 fully saturated rings. The quantitative estimate of drug-likeness (QED) is 0.743. The Labute approximate surface area is 92.3 Å². The minimum Gasteiger partial charge on any atom is -0.253 e. The SMILES string of the molecule is Cc1cc(CCBr)nc2ccccc12. The number of rotatable bonds is 2. The van der Waals surface area contributed by atoms with Crippen LogP contribution in [0, 0.1) is 6.92 Å². The third-order valence-corrected chi connectivity index (χ3v) is 2.72. The summed E-state index contributed by atoms with van der Waals surface area (Å²) in [5.41, 5.74) is 3.58. The molecule has 0 aliphatic rings. The number of aromatic nitrogens is 1. The first-order valence-corrected chi connectivity index (χ1v) is 5.84. The second-order valence-corrected chi connectivity index (χ2v) is 4.18. The fourth-order valence-corrected chi connectivity index (χ4v) is 2.05. The van der Waals surface area contributed by atoms with Gasteiger partial charge in [-0.25, -0.2) is 0 Å². The Kier molecular flexibility index (Phi) is 2.82. The van der Waals surface area contributed by atoms with Gasteiger partial charge in [-0.1, -0.05) is 34.1 Å². The van der Waals surface area contributed by atoms with E-state index in [0.717, 1.165) is 23.0 Å². The van der Waals surface area contributed by atoms with Crippen molar-refractivity contribution in [2.24, 2.45) is 0 Å². The zero-order valence-electron chi connectivity index (χ0n) is 8.13. The Balaban J connectivity index is 2.60. The van der Waals surface area contributed by atoms with Crippen LogP contribution in [0.5, 0.6) is 0 Å². The normalized spacial score (nSPS) is 10.7. The van der Waals surface area contributed by atoms with Gasteiger partial charge in [-0.05, 0) is 31.0 Å². The lowest BCUT2D eigenvalue weighted by Crippen LogP contribution is -1.93. The van der Waals surface area contributed by atoms with Crippen molar-refractivity contribution in [3.05, 3.63) is 41.6 Å². The van der Waals surface area contributed by atoms with Crippen molar-refractivity contribution in [3.8, 4) is 0 Å². The van der Waals surface area contributed by atoms with Crippen LogP contribution in [0.4, 0.5) is 0 Å². The van der Waals surface area contributed by atoms with Gasteiger partial charge in [0, 0.05) is 16.4 Å². The zero-order valence-corrected chi connectivity index (χ0v) is 9.71. The lowest BCUT2D eigenvalue weighted by atomic mass is 10.1. The maximum atomic E-state index is 4.60. The molecule has 0 spiro atoms. The highest BCUT2D eigenvalue weighted by Gasteiger charge is 2.00. The molecular formula is C12H12BrN. The second kappa shape index (κ2) is 4.09. The van der Waals surface area contributed by atoms with Gasteiger partial charge in [-0.2, -0.15) is 0 Å². The molecule has 2 aromatic rings. The number of benzene rings is 1. The van der Waals surface area contributed by atoms with Crippen LogP contribution in [0.15, 0.2) is 30.3 Å². The number of nitrogens with zero attached hydrogens (tertiary/aromatic N) is 1. The number of hydrogen-bond donors (Lipinski definition) is 0. The lowest BCUT2D eigenvalue weighted by molar-refractivity contribution is 1.07. The first-order valence-electron chi connectivity index (χ1n) is 4.72. The molecule has 1 aromatic carbocycles. The molecule has 0 radical (unpaired) electrons. The highest BCUT2D eigenvalue weighted by atomic mass is 79.9. The molecule has 72 valence electrons. The number of halogens is 1. The lowest BCUT2D eigenvalue weighted by Gasteiger charge is -2.04. The summed E-state index contributed by atoms with van der Waals surface area (Å²) in [5.74, 6) is 0. The number of fused-ring (bicyclic) bond motifs is 1. The topological polar surface area (TPSA) is 12.9 Å². The summed E-state index contributed by atoms with van der Waals surface area (Å²) in [6.07, 6.45) is 0.992. The number of pyridine rings is 1. The van der Waals surface area contributed by atoms with E-state index in [4.69, 9.17) is 0 Å². The van der Waals surface area contributed by atoms with Crippen molar-refractivity contribution in [1.82, 2.24) is 4.98 Å². The van der Waals surface area contributed by atoms with Crippen molar-refractivity contribution in [3.63, 3.8) is 0 Å². The fraction of sp³-hybridized carbons (Fsp3) is 0.250. The van der Waals surface area contributed by atoms with Crippen LogP contribution in [0.2, 0.25) is 0 Å². The largest absolute Gasteiger partial charge is 0.253 e. The Bertz CT molecular complexity index is 451. The van der Waals surface area contributed by atoms with E-state index < -0.39 is 0 Å². The molecule has 0 amide bonds. The molecule has 0 aliphatic heterocycles. The van der Waals surface area contributed by atoms with Gasteiger partial charge >= 0.3 is 0 Å². The molecule has 0 atom stereocenters. The number of aryl methyl sites for hydroxylation is 2. The van der Waals surface area contributed by atoms with E-state index in [0.29, 0.717) is 0 Å². The standard InChI is InChI=1S/C12H12BrN/c1-9-8-10(6-7-13)14-12-5-3-2-4-11(9)12/h2-5,8H,6-7H2,1H3. The molecule has 1 aromatic heterocycles. The molecule has 2 heteroatoms. The molecular weight excluding hydrogens is 238 g/mol. The van der Waals surface area contributed by atoms with E-state index in [9.17, 15) is 0 Å². The van der Waals surface area contributed by atoms with Crippen molar-refractivity contribution in [2.75, 3.05) is 5.33 Å². The summed E-state index contributed by atoms with van der Waals surface area (Å²) in [5, 5.41) is 2.23. The number of para-hydroxylation sites is 1. The van der Waals surface area contributed by atoms with Crippen LogP contribution in [0.3, 0.4) is 0 Å². The van der Waals surface area contributed by atoms with E-state index in [2.05, 4.69) is 52.1 Å². The van der Waals surface area contributed by atoms with Crippen molar-refractivity contribution >= 4 is 26.8 Å². The van der Waals surface area contributed by atoms with Crippen LogP contribution >= 0.6 is 15.9 Å². The molecule has 2 rings (SSSR count). The maximum absolute atomic E-state index is 4.60. The Morgan fingerprint density at radius 2 is 2.07 bits per heavy atom. The maximum Gasteiger partial charge on any atom is 0.0707 e. The molecule has 0 saturated carbocycles. The third-order valence-electron chi connectivity index (χ3n) is 2.33. The highest BCUT2D eigenvalue weighted by molar-refractivity contribution is 9.09. The van der Waals surface area contributed by atoms with Gasteiger partial charge in [0.25, 0.3) is 0 Å². The summed E-state index contributed by atoms with van der Waals surface area (Å²) in [7, 11) is 0. The van der Waals surface area contributed by atoms with Crippen LogP contribution in [-0.2, 0) is 6.42 Å². The molecule has 0 N–H and O–H groups in total. The van der Waals surface area contributed by atoms with Crippen LogP contribution in [0.1, 0.15) is 11.3 Å². The van der Waals surface area contributed by atoms with Crippen LogP contribution < -0.4 is 0 Å². The first-order chi connectivity index (χ1) is 6.81. The van der Waals surface area contributed by atoms with Gasteiger partial charge in [-0.15, -0.1) is 0 Å². The van der Waals surface area contributed by atoms with Crippen LogP contribution in [0.25, 0.3) is 10.9 Å². The average Bonchev–Trinajstić information content (AvgIpc) is 2.18. The molecule has 0 aliphatic carbocycles. The minimum atomic E-state index is 0.970. The van der Waals surface area contributed by atoms with Crippen molar-refractivity contribution < 1.29 is 0 Å². The van der Waals surface area contributed by atoms with E-state index >= 15 is 0 Å². The summed E-state index contributed by atoms with van der Waals surface area (Å²) in [6, 6.07) is 10.5. The predicted octanol–water partition coefficient (Wildman–Crippen LogP) is 3.48. The van der Waals surface area contributed by atoms with Gasteiger partial charge < -0.3 is 0 Å². The molecule has 14 heavy (non-hydrogen) atoms. The molecule has 0 unspecified atom stereocenters. The van der Waals surface area contributed by atoms with Gasteiger partial charge in [0.15, 0.2) is 0 Å². The highest BCUT2D eigenvalue weighted by Crippen LogP contribution is 2.17. The summed E-state index contributed by atoms with van der Waals surface area (Å²) < 4.78 is 0. The van der Waals surface area contributed by atoms with Crippen molar-refractivity contribution in [1.29, 1.82) is 0 Å². The van der Waals surface area contributed by atoms with Crippen LogP contribution in [-0.4, -0.2) is 10.3 Å². The van der Waals surface area contributed by atoms with Gasteiger partial charge in [0.05, 0.1) is 5.52 Å². The van der Waals surface area contributed by atoms with E-state index in [1.165, 1.54) is 10.9 Å². The smallest absolute Gasteiger partial charge is 0.0707 e. The Morgan fingerprint density at radius 3 is 2.86 bits per heavy atom. The average molecular weight is 250 g/mol. The van der Waals surface area contributed by atoms with E-state index in [-0.39, 0.29) is 0 Å². The van der Waals surface area contributed by atoms with Gasteiger partial charge in [-0.3, -0.25) is 4.98 Å². The van der Waals surface area contributed by atoms with Gasteiger partial charge in [0.2, 0.25) is 0 Å². The zero-order chi connectivity index (χ0) is 9.97. The number of hydrogen-bond acceptors (Lipinski definition) is 1. The Hall–Kier alpha value is -0.890. The Morgan fingerprint density at radius 1 is 1.29 bits per heavy atom. The summed E-state index contributed by atoms with van der Waals surface area (Å²) in [6.45, 7) is 2.14. The fourth-order valence-electron chi connectivity index (χ4n) is 1.64. The third kappa shape index (κ3) is 1.80. The van der Waals surface area contributed by atoms with Gasteiger partial charge in [0.1, 0.15) is 0 Å². The van der Waals surface area contributed by atoms with E-state index in [1.807, 2.05) is 6.07 Å².